The van der Waals surface area contributed by atoms with Gasteiger partial charge in [0.1, 0.15) is 12.4 Å². The maximum atomic E-state index is 10.1. The van der Waals surface area contributed by atoms with Gasteiger partial charge in [-0.15, -0.1) is 0 Å². The molecule has 2 N–H and O–H groups in total. The van der Waals surface area contributed by atoms with Crippen molar-refractivity contribution in [1.82, 2.24) is 4.98 Å². The lowest BCUT2D eigenvalue weighted by Gasteiger charge is -2.25. The van der Waals surface area contributed by atoms with Gasteiger partial charge in [0.05, 0.1) is 18.8 Å². The largest absolute Gasteiger partial charge is 0.505 e. The summed E-state index contributed by atoms with van der Waals surface area (Å²) in [6.45, 7) is 2.30. The summed E-state index contributed by atoms with van der Waals surface area (Å²) < 4.78 is 11.4. The van der Waals surface area contributed by atoms with E-state index in [1.54, 1.807) is 13.1 Å². The number of ether oxygens (including phenoxy) is 2. The zero-order valence-electron chi connectivity index (χ0n) is 12.8. The maximum Gasteiger partial charge on any atom is 0.161 e. The molecule has 1 atom stereocenters. The molecular weight excluding hydrogens is 296 g/mol. The van der Waals surface area contributed by atoms with Gasteiger partial charge in [-0.1, -0.05) is 12.1 Å². The molecule has 6 nitrogen and oxygen atoms in total. The number of benzene rings is 1. The first-order valence-electron chi connectivity index (χ1n) is 7.35. The fourth-order valence-electron chi connectivity index (χ4n) is 2.34. The van der Waals surface area contributed by atoms with Crippen LogP contribution in [0.2, 0.25) is 0 Å². The number of aromatic nitrogens is 1. The van der Waals surface area contributed by atoms with E-state index in [2.05, 4.69) is 9.98 Å². The Morgan fingerprint density at radius 3 is 2.91 bits per heavy atom. The maximum absolute atomic E-state index is 10.1. The predicted octanol–water partition coefficient (Wildman–Crippen LogP) is 1.85. The molecule has 0 bridgehead atoms. The average Bonchev–Trinajstić information content (AvgIpc) is 2.58. The number of aliphatic imine (C=N–C) groups is 1. The van der Waals surface area contributed by atoms with Crippen molar-refractivity contribution < 1.29 is 19.7 Å². The Morgan fingerprint density at radius 2 is 2.13 bits per heavy atom. The number of nitrogens with zero attached hydrogens (tertiary/aromatic N) is 2. The molecule has 1 aliphatic rings. The van der Waals surface area contributed by atoms with Crippen LogP contribution in [0, 0.1) is 6.92 Å². The molecule has 0 fully saturated rings. The SMILES string of the molecule is Cc1ncc(CO)c(C=NC[C@H]2COc3ccccc3O2)c1O. The summed E-state index contributed by atoms with van der Waals surface area (Å²) in [5.74, 6) is 1.47. The summed E-state index contributed by atoms with van der Waals surface area (Å²) in [6.07, 6.45) is 2.88. The molecule has 0 saturated heterocycles. The van der Waals surface area contributed by atoms with Crippen LogP contribution in [-0.4, -0.2) is 40.7 Å². The van der Waals surface area contributed by atoms with Gasteiger partial charge in [0, 0.05) is 23.5 Å². The second-order valence-corrected chi connectivity index (χ2v) is 5.28. The Kier molecular flexibility index (Phi) is 4.43. The highest BCUT2D eigenvalue weighted by molar-refractivity contribution is 5.85. The fraction of sp³-hybridized carbons (Fsp3) is 0.294. The van der Waals surface area contributed by atoms with Crippen LogP contribution in [-0.2, 0) is 6.61 Å². The van der Waals surface area contributed by atoms with Crippen LogP contribution in [0.4, 0.5) is 0 Å². The zero-order chi connectivity index (χ0) is 16.2. The molecule has 6 heteroatoms. The van der Waals surface area contributed by atoms with Gasteiger partial charge in [-0.25, -0.2) is 0 Å². The number of hydrogen-bond acceptors (Lipinski definition) is 6. The highest BCUT2D eigenvalue weighted by Crippen LogP contribution is 2.31. The van der Waals surface area contributed by atoms with Gasteiger partial charge in [0.2, 0.25) is 0 Å². The number of fused-ring (bicyclic) bond motifs is 1. The number of para-hydroxylation sites is 2. The molecular formula is C17H18N2O4. The van der Waals surface area contributed by atoms with Gasteiger partial charge in [0.15, 0.2) is 17.6 Å². The van der Waals surface area contributed by atoms with Crippen LogP contribution in [0.5, 0.6) is 17.2 Å². The first kappa shape index (κ1) is 15.3. The second kappa shape index (κ2) is 6.66. The standard InChI is InChI=1S/C17H18N2O4/c1-11-17(21)14(12(9-20)6-19-11)8-18-7-13-10-22-15-4-2-3-5-16(15)23-13/h2-6,8,13,20-21H,7,9-10H2,1H3/t13-/m0/s1. The van der Waals surface area contributed by atoms with Gasteiger partial charge in [0.25, 0.3) is 0 Å². The highest BCUT2D eigenvalue weighted by atomic mass is 16.6. The monoisotopic (exact) mass is 314 g/mol. The molecule has 2 heterocycles. The number of rotatable bonds is 4. The van der Waals surface area contributed by atoms with Gasteiger partial charge < -0.3 is 19.7 Å². The van der Waals surface area contributed by atoms with Crippen LogP contribution >= 0.6 is 0 Å². The molecule has 0 amide bonds. The summed E-state index contributed by atoms with van der Waals surface area (Å²) in [7, 11) is 0. The normalized spacial score (nSPS) is 16.7. The minimum atomic E-state index is -0.210. The van der Waals surface area contributed by atoms with Crippen molar-refractivity contribution >= 4 is 6.21 Å². The van der Waals surface area contributed by atoms with E-state index in [0.717, 1.165) is 5.75 Å². The molecule has 0 aliphatic carbocycles. The number of aromatic hydroxyl groups is 1. The summed E-state index contributed by atoms with van der Waals surface area (Å²) >= 11 is 0. The lowest BCUT2D eigenvalue weighted by atomic mass is 10.1. The van der Waals surface area contributed by atoms with Gasteiger partial charge >= 0.3 is 0 Å². The Hall–Kier alpha value is -2.60. The third-order valence-corrected chi connectivity index (χ3v) is 3.63. The average molecular weight is 314 g/mol. The van der Waals surface area contributed by atoms with Gasteiger partial charge in [-0.2, -0.15) is 0 Å². The third-order valence-electron chi connectivity index (χ3n) is 3.63. The summed E-state index contributed by atoms with van der Waals surface area (Å²) in [4.78, 5) is 8.34. The lowest BCUT2D eigenvalue weighted by molar-refractivity contribution is 0.0973. The van der Waals surface area contributed by atoms with Gasteiger partial charge in [-0.3, -0.25) is 9.98 Å². The summed E-state index contributed by atoms with van der Waals surface area (Å²) in [5.41, 5.74) is 1.51. The smallest absolute Gasteiger partial charge is 0.161 e. The third kappa shape index (κ3) is 3.27. The van der Waals surface area contributed by atoms with Crippen molar-refractivity contribution in [3.05, 3.63) is 47.3 Å². The highest BCUT2D eigenvalue weighted by Gasteiger charge is 2.20. The van der Waals surface area contributed by atoms with E-state index in [1.165, 1.54) is 6.20 Å². The molecule has 0 saturated carbocycles. The molecule has 2 aromatic rings. The van der Waals surface area contributed by atoms with E-state index in [4.69, 9.17) is 9.47 Å². The molecule has 0 spiro atoms. The van der Waals surface area contributed by atoms with Crippen molar-refractivity contribution in [3.63, 3.8) is 0 Å². The second-order valence-electron chi connectivity index (χ2n) is 5.28. The van der Waals surface area contributed by atoms with E-state index < -0.39 is 0 Å². The van der Waals surface area contributed by atoms with Crippen LogP contribution in [0.15, 0.2) is 35.5 Å². The first-order chi connectivity index (χ1) is 11.2. The molecule has 1 aliphatic heterocycles. The Labute approximate surface area is 134 Å². The number of aliphatic hydroxyl groups is 1. The Balaban J connectivity index is 1.70. The summed E-state index contributed by atoms with van der Waals surface area (Å²) in [6, 6.07) is 7.50. The Bertz CT molecular complexity index is 731. The minimum absolute atomic E-state index is 0.0338. The van der Waals surface area contributed by atoms with Crippen molar-refractivity contribution in [2.75, 3.05) is 13.2 Å². The fourth-order valence-corrected chi connectivity index (χ4v) is 2.34. The molecule has 23 heavy (non-hydrogen) atoms. The molecule has 1 aromatic heterocycles. The predicted molar refractivity (Wildman–Crippen MR) is 85.4 cm³/mol. The van der Waals surface area contributed by atoms with Crippen LogP contribution in [0.3, 0.4) is 0 Å². The van der Waals surface area contributed by atoms with E-state index >= 15 is 0 Å². The molecule has 0 unspecified atom stereocenters. The summed E-state index contributed by atoms with van der Waals surface area (Å²) in [5, 5.41) is 19.4. The molecule has 120 valence electrons. The number of aliphatic hydroxyl groups excluding tert-OH is 1. The molecule has 1 aromatic carbocycles. The topological polar surface area (TPSA) is 84.2 Å². The van der Waals surface area contributed by atoms with E-state index in [9.17, 15) is 10.2 Å². The van der Waals surface area contributed by atoms with Crippen molar-refractivity contribution in [1.29, 1.82) is 0 Å². The van der Waals surface area contributed by atoms with Crippen molar-refractivity contribution in [2.24, 2.45) is 4.99 Å². The minimum Gasteiger partial charge on any atom is -0.505 e. The quantitative estimate of drug-likeness (QED) is 0.841. The van der Waals surface area contributed by atoms with E-state index in [-0.39, 0.29) is 18.5 Å². The van der Waals surface area contributed by atoms with Crippen molar-refractivity contribution in [2.45, 2.75) is 19.6 Å². The Morgan fingerprint density at radius 1 is 1.35 bits per heavy atom. The number of aryl methyl sites for hydroxylation is 1. The lowest BCUT2D eigenvalue weighted by Crippen LogP contribution is -2.31. The van der Waals surface area contributed by atoms with Gasteiger partial charge in [-0.05, 0) is 19.1 Å². The van der Waals surface area contributed by atoms with Crippen molar-refractivity contribution in [3.8, 4) is 17.2 Å². The van der Waals surface area contributed by atoms with E-state index in [1.807, 2.05) is 24.3 Å². The number of pyridine rings is 1. The first-order valence-corrected chi connectivity index (χ1v) is 7.35. The molecule has 3 rings (SSSR count). The van der Waals surface area contributed by atoms with Crippen LogP contribution in [0.25, 0.3) is 0 Å². The number of hydrogen-bond donors (Lipinski definition) is 2. The van der Waals surface area contributed by atoms with Crippen LogP contribution < -0.4 is 9.47 Å². The van der Waals surface area contributed by atoms with Crippen LogP contribution in [0.1, 0.15) is 16.8 Å². The van der Waals surface area contributed by atoms with E-state index in [0.29, 0.717) is 35.7 Å². The zero-order valence-corrected chi connectivity index (χ0v) is 12.8. The molecule has 0 radical (unpaired) electrons.